The lowest BCUT2D eigenvalue weighted by atomic mass is 9.78. The molecule has 1 aromatic carbocycles. The number of hydrogen-bond donors (Lipinski definition) is 1. The lowest BCUT2D eigenvalue weighted by Crippen LogP contribution is -2.45. The summed E-state index contributed by atoms with van der Waals surface area (Å²) in [6.07, 6.45) is 7.68. The van der Waals surface area contributed by atoms with Gasteiger partial charge in [-0.15, -0.1) is 0 Å². The van der Waals surface area contributed by atoms with Crippen molar-refractivity contribution in [2.75, 3.05) is 11.9 Å². The summed E-state index contributed by atoms with van der Waals surface area (Å²) in [5, 5.41) is 3.40. The molecule has 1 spiro atoms. The van der Waals surface area contributed by atoms with Gasteiger partial charge in [0, 0.05) is 18.3 Å². The van der Waals surface area contributed by atoms with E-state index in [4.69, 9.17) is 4.74 Å². The van der Waals surface area contributed by atoms with Crippen molar-refractivity contribution in [2.24, 2.45) is 0 Å². The molecule has 7 heteroatoms. The molecule has 134 valence electrons. The van der Waals surface area contributed by atoms with Crippen LogP contribution in [-0.4, -0.2) is 32.4 Å². The van der Waals surface area contributed by atoms with Crippen molar-refractivity contribution in [3.05, 3.63) is 24.3 Å². The zero-order valence-corrected chi connectivity index (χ0v) is 14.3. The molecular formula is C17H23F2NO3S. The highest BCUT2D eigenvalue weighted by atomic mass is 32.2. The molecule has 0 amide bonds. The number of hydrogen-bond acceptors (Lipinski definition) is 4. The molecule has 1 unspecified atom stereocenters. The van der Waals surface area contributed by atoms with Gasteiger partial charge in [-0.2, -0.15) is 8.78 Å². The first-order chi connectivity index (χ1) is 11.4. The summed E-state index contributed by atoms with van der Waals surface area (Å²) in [5.41, 5.74) is 0.730. The quantitative estimate of drug-likeness (QED) is 0.884. The molecule has 1 aromatic rings. The van der Waals surface area contributed by atoms with Crippen molar-refractivity contribution in [3.8, 4) is 0 Å². The second-order valence-electron chi connectivity index (χ2n) is 6.76. The van der Waals surface area contributed by atoms with E-state index in [-0.39, 0.29) is 16.5 Å². The highest BCUT2D eigenvalue weighted by Gasteiger charge is 2.38. The van der Waals surface area contributed by atoms with E-state index < -0.39 is 15.6 Å². The molecule has 3 rings (SSSR count). The Morgan fingerprint density at radius 1 is 1.12 bits per heavy atom. The van der Waals surface area contributed by atoms with Crippen LogP contribution in [0.4, 0.5) is 14.5 Å². The molecule has 1 aliphatic heterocycles. The first-order valence-corrected chi connectivity index (χ1v) is 9.99. The number of nitrogens with one attached hydrogen (secondary N) is 1. The Balaban J connectivity index is 1.66. The normalized spacial score (nSPS) is 24.2. The van der Waals surface area contributed by atoms with E-state index in [1.165, 1.54) is 31.4 Å². The van der Waals surface area contributed by atoms with Gasteiger partial charge in [0.15, 0.2) is 0 Å². The van der Waals surface area contributed by atoms with Crippen LogP contribution in [0, 0.1) is 0 Å². The smallest absolute Gasteiger partial charge is 0.341 e. The molecule has 1 heterocycles. The first-order valence-electron chi connectivity index (χ1n) is 8.44. The third kappa shape index (κ3) is 3.72. The lowest BCUT2D eigenvalue weighted by molar-refractivity contribution is -0.103. The number of halogens is 2. The lowest BCUT2D eigenvalue weighted by Gasteiger charge is -2.44. The fraction of sp³-hybridized carbons (Fsp3) is 0.647. The second kappa shape index (κ2) is 6.96. The monoisotopic (exact) mass is 359 g/mol. The van der Waals surface area contributed by atoms with Crippen LogP contribution in [0.25, 0.3) is 0 Å². The average molecular weight is 359 g/mol. The summed E-state index contributed by atoms with van der Waals surface area (Å²) in [4.78, 5) is -0.348. The highest BCUT2D eigenvalue weighted by molar-refractivity contribution is 7.91. The Hall–Kier alpha value is -1.21. The predicted molar refractivity (Wildman–Crippen MR) is 88.0 cm³/mol. The van der Waals surface area contributed by atoms with Gasteiger partial charge >= 0.3 is 5.76 Å². The maximum Gasteiger partial charge on any atom is 0.341 e. The molecule has 2 aliphatic rings. The van der Waals surface area contributed by atoms with Gasteiger partial charge in [0.25, 0.3) is 0 Å². The summed E-state index contributed by atoms with van der Waals surface area (Å²) in [5.74, 6) is -3.39. The average Bonchev–Trinajstić information content (AvgIpc) is 2.56. The zero-order valence-electron chi connectivity index (χ0n) is 13.5. The van der Waals surface area contributed by atoms with Crippen LogP contribution in [0.3, 0.4) is 0 Å². The molecule has 2 fully saturated rings. The van der Waals surface area contributed by atoms with Crippen molar-refractivity contribution < 1.29 is 21.9 Å². The first kappa shape index (κ1) is 17.6. The number of anilines is 1. The van der Waals surface area contributed by atoms with Crippen LogP contribution in [0.15, 0.2) is 29.2 Å². The van der Waals surface area contributed by atoms with E-state index in [1.54, 1.807) is 12.1 Å². The van der Waals surface area contributed by atoms with Crippen LogP contribution in [-0.2, 0) is 14.6 Å². The molecule has 4 nitrogen and oxygen atoms in total. The topological polar surface area (TPSA) is 55.4 Å². The van der Waals surface area contributed by atoms with Crippen molar-refractivity contribution in [1.82, 2.24) is 0 Å². The van der Waals surface area contributed by atoms with Crippen molar-refractivity contribution in [2.45, 2.75) is 67.2 Å². The van der Waals surface area contributed by atoms with Gasteiger partial charge < -0.3 is 10.1 Å². The summed E-state index contributed by atoms with van der Waals surface area (Å²) in [7, 11) is -4.53. The van der Waals surface area contributed by atoms with E-state index >= 15 is 0 Å². The molecule has 1 aliphatic carbocycles. The minimum absolute atomic E-state index is 0.0207. The maximum absolute atomic E-state index is 12.6. The Labute approximate surface area is 141 Å². The van der Waals surface area contributed by atoms with Crippen molar-refractivity contribution in [3.63, 3.8) is 0 Å². The van der Waals surface area contributed by atoms with Gasteiger partial charge in [0.1, 0.15) is 0 Å². The highest BCUT2D eigenvalue weighted by Crippen LogP contribution is 2.39. The third-order valence-electron chi connectivity index (χ3n) is 5.05. The van der Waals surface area contributed by atoms with E-state index in [0.29, 0.717) is 0 Å². The van der Waals surface area contributed by atoms with Gasteiger partial charge in [-0.1, -0.05) is 19.3 Å². The molecule has 0 aromatic heterocycles. The van der Waals surface area contributed by atoms with Crippen LogP contribution >= 0.6 is 0 Å². The molecule has 1 atom stereocenters. The van der Waals surface area contributed by atoms with Crippen LogP contribution in [0.1, 0.15) is 44.9 Å². The number of benzene rings is 1. The molecule has 1 saturated carbocycles. The van der Waals surface area contributed by atoms with E-state index in [2.05, 4.69) is 5.32 Å². The number of rotatable bonds is 4. The van der Waals surface area contributed by atoms with Gasteiger partial charge in [-0.05, 0) is 49.9 Å². The number of ether oxygens (including phenoxy) is 1. The van der Waals surface area contributed by atoms with E-state index in [9.17, 15) is 17.2 Å². The van der Waals surface area contributed by atoms with Gasteiger partial charge in [0.2, 0.25) is 9.84 Å². The van der Waals surface area contributed by atoms with Gasteiger partial charge in [-0.3, -0.25) is 0 Å². The van der Waals surface area contributed by atoms with Crippen LogP contribution < -0.4 is 5.32 Å². The Kier molecular flexibility index (Phi) is 5.11. The largest absolute Gasteiger partial charge is 0.382 e. The Morgan fingerprint density at radius 2 is 1.79 bits per heavy atom. The fourth-order valence-corrected chi connectivity index (χ4v) is 4.50. The van der Waals surface area contributed by atoms with Crippen LogP contribution in [0.5, 0.6) is 0 Å². The fourth-order valence-electron chi connectivity index (χ4n) is 3.77. The molecule has 1 saturated heterocycles. The minimum atomic E-state index is -4.53. The van der Waals surface area contributed by atoms with Crippen molar-refractivity contribution >= 4 is 15.5 Å². The summed E-state index contributed by atoms with van der Waals surface area (Å²) in [6.45, 7) is 0.718. The van der Waals surface area contributed by atoms with Gasteiger partial charge in [-0.25, -0.2) is 8.42 Å². The SMILES string of the molecule is O=S(=O)(c1ccc(NC2CCOC3(CCCCC3)C2)cc1)C(F)F. The standard InChI is InChI=1S/C17H23F2NO3S/c18-16(19)24(21,22)15-6-4-13(5-7-15)20-14-8-11-23-17(12-14)9-2-1-3-10-17/h4-7,14,16,20H,1-3,8-12H2. The summed E-state index contributed by atoms with van der Waals surface area (Å²) < 4.78 is 54.1. The third-order valence-corrected chi connectivity index (χ3v) is 6.44. The maximum atomic E-state index is 12.6. The summed E-state index contributed by atoms with van der Waals surface area (Å²) >= 11 is 0. The molecular weight excluding hydrogens is 336 g/mol. The minimum Gasteiger partial charge on any atom is -0.382 e. The summed E-state index contributed by atoms with van der Waals surface area (Å²) in [6, 6.07) is 5.84. The Bertz CT molecular complexity index is 649. The van der Waals surface area contributed by atoms with Crippen molar-refractivity contribution in [1.29, 1.82) is 0 Å². The van der Waals surface area contributed by atoms with E-state index in [1.807, 2.05) is 0 Å². The van der Waals surface area contributed by atoms with Crippen LogP contribution in [0.2, 0.25) is 0 Å². The number of sulfone groups is 1. The van der Waals surface area contributed by atoms with Gasteiger partial charge in [0.05, 0.1) is 10.5 Å². The molecule has 24 heavy (non-hydrogen) atoms. The zero-order chi connectivity index (χ0) is 17.2. The predicted octanol–water partition coefficient (Wildman–Crippen LogP) is 3.98. The van der Waals surface area contributed by atoms with E-state index in [0.717, 1.165) is 38.0 Å². The number of alkyl halides is 2. The second-order valence-corrected chi connectivity index (χ2v) is 8.67. The molecule has 1 N–H and O–H groups in total. The molecule has 0 radical (unpaired) electrons. The Morgan fingerprint density at radius 3 is 2.42 bits per heavy atom. The molecule has 0 bridgehead atoms.